The third-order valence-electron chi connectivity index (χ3n) is 7.39. The van der Waals surface area contributed by atoms with Crippen molar-refractivity contribution < 1.29 is 14.3 Å². The first-order valence-electron chi connectivity index (χ1n) is 13.1. The molecule has 1 amide bonds. The van der Waals surface area contributed by atoms with E-state index in [1.54, 1.807) is 53.0 Å². The maximum absolute atomic E-state index is 13.8. The number of Topliss-reactive ketones (excluding diaryl/α,β-unsaturated/α-hetero) is 1. The summed E-state index contributed by atoms with van der Waals surface area (Å²) in [5.74, 6) is 0.274. The number of rotatable bonds is 7. The van der Waals surface area contributed by atoms with Crippen LogP contribution in [0.2, 0.25) is 5.02 Å². The Hall–Kier alpha value is -4.56. The SMILES string of the molecule is COc1ccc(-n2c(C(=O)CCc3ccccc3)c3n(c2=O)CCN(C(=O)c2cc4c(Cl)cccc4[nH]2)C3)cc1. The van der Waals surface area contributed by atoms with Crippen molar-refractivity contribution in [2.24, 2.45) is 0 Å². The monoisotopic (exact) mass is 554 g/mol. The molecule has 9 heteroatoms. The molecule has 5 aromatic rings. The van der Waals surface area contributed by atoms with Gasteiger partial charge in [-0.3, -0.25) is 18.7 Å². The number of carbonyl (C=O) groups excluding carboxylic acids is 2. The Morgan fingerprint density at radius 1 is 0.975 bits per heavy atom. The van der Waals surface area contributed by atoms with Gasteiger partial charge in [-0.25, -0.2) is 4.79 Å². The molecule has 3 heterocycles. The van der Waals surface area contributed by atoms with Crippen molar-refractivity contribution in [1.29, 1.82) is 0 Å². The summed E-state index contributed by atoms with van der Waals surface area (Å²) in [4.78, 5) is 45.9. The van der Waals surface area contributed by atoms with E-state index < -0.39 is 0 Å². The lowest BCUT2D eigenvalue weighted by molar-refractivity contribution is 0.0702. The Labute approximate surface area is 235 Å². The second-order valence-electron chi connectivity index (χ2n) is 9.78. The number of aryl methyl sites for hydroxylation is 1. The minimum atomic E-state index is -0.298. The average molecular weight is 555 g/mol. The van der Waals surface area contributed by atoms with E-state index in [1.165, 1.54) is 4.57 Å². The average Bonchev–Trinajstić information content (AvgIpc) is 3.56. The fourth-order valence-corrected chi connectivity index (χ4v) is 5.54. The van der Waals surface area contributed by atoms with Gasteiger partial charge in [-0.05, 0) is 54.4 Å². The highest BCUT2D eigenvalue weighted by Crippen LogP contribution is 2.27. The molecule has 0 bridgehead atoms. The van der Waals surface area contributed by atoms with E-state index in [2.05, 4.69) is 4.98 Å². The number of ketones is 1. The van der Waals surface area contributed by atoms with Crippen LogP contribution in [0.1, 0.15) is 38.7 Å². The molecule has 3 aromatic carbocycles. The van der Waals surface area contributed by atoms with Gasteiger partial charge in [-0.1, -0.05) is 48.0 Å². The smallest absolute Gasteiger partial charge is 0.333 e. The van der Waals surface area contributed by atoms with Gasteiger partial charge in [0, 0.05) is 35.4 Å². The van der Waals surface area contributed by atoms with Crippen LogP contribution in [0.4, 0.5) is 0 Å². The first kappa shape index (κ1) is 25.7. The molecule has 0 unspecified atom stereocenters. The first-order chi connectivity index (χ1) is 19.4. The number of amides is 1. The molecule has 0 atom stereocenters. The molecule has 0 radical (unpaired) electrons. The molecule has 0 saturated heterocycles. The predicted octanol–water partition coefficient (Wildman–Crippen LogP) is 5.25. The zero-order chi connectivity index (χ0) is 27.8. The number of H-pyrrole nitrogens is 1. The minimum absolute atomic E-state index is 0.132. The van der Waals surface area contributed by atoms with E-state index in [1.807, 2.05) is 42.5 Å². The van der Waals surface area contributed by atoms with E-state index in [0.29, 0.717) is 46.5 Å². The number of benzene rings is 3. The lowest BCUT2D eigenvalue weighted by Crippen LogP contribution is -2.41. The van der Waals surface area contributed by atoms with Crippen molar-refractivity contribution in [2.45, 2.75) is 25.9 Å². The molecule has 2 aromatic heterocycles. The maximum atomic E-state index is 13.8. The normalized spacial score (nSPS) is 12.9. The topological polar surface area (TPSA) is 89.3 Å². The van der Waals surface area contributed by atoms with Gasteiger partial charge in [0.1, 0.15) is 17.1 Å². The van der Waals surface area contributed by atoms with E-state index in [9.17, 15) is 14.4 Å². The largest absolute Gasteiger partial charge is 0.497 e. The molecule has 1 aliphatic rings. The predicted molar refractivity (Wildman–Crippen MR) is 154 cm³/mol. The Morgan fingerprint density at radius 2 is 1.75 bits per heavy atom. The Kier molecular flexibility index (Phi) is 6.77. The van der Waals surface area contributed by atoms with Gasteiger partial charge in [0.05, 0.1) is 25.0 Å². The molecule has 0 saturated carbocycles. The molecular weight excluding hydrogens is 528 g/mol. The number of aromatic nitrogens is 3. The van der Waals surface area contributed by atoms with Crippen LogP contribution in [0.15, 0.2) is 83.7 Å². The Balaban J connectivity index is 1.38. The number of hydrogen-bond donors (Lipinski definition) is 1. The van der Waals surface area contributed by atoms with Crippen LogP contribution in [0.25, 0.3) is 16.6 Å². The van der Waals surface area contributed by atoms with Gasteiger partial charge in [-0.2, -0.15) is 0 Å². The highest BCUT2D eigenvalue weighted by atomic mass is 35.5. The van der Waals surface area contributed by atoms with Crippen LogP contribution >= 0.6 is 11.6 Å². The molecule has 8 nitrogen and oxygen atoms in total. The van der Waals surface area contributed by atoms with Crippen molar-refractivity contribution in [3.05, 3.63) is 117 Å². The molecule has 0 aliphatic carbocycles. The Bertz CT molecular complexity index is 1780. The van der Waals surface area contributed by atoms with Crippen LogP contribution < -0.4 is 10.4 Å². The summed E-state index contributed by atoms with van der Waals surface area (Å²) in [5, 5.41) is 1.33. The number of nitrogens with zero attached hydrogens (tertiary/aromatic N) is 3. The van der Waals surface area contributed by atoms with Gasteiger partial charge in [0.15, 0.2) is 5.78 Å². The molecule has 1 aliphatic heterocycles. The molecule has 0 fully saturated rings. The van der Waals surface area contributed by atoms with E-state index in [4.69, 9.17) is 16.3 Å². The van der Waals surface area contributed by atoms with Crippen molar-refractivity contribution >= 4 is 34.2 Å². The van der Waals surface area contributed by atoms with E-state index in [-0.39, 0.29) is 36.9 Å². The first-order valence-corrected chi connectivity index (χ1v) is 13.4. The number of carbonyl (C=O) groups is 2. The van der Waals surface area contributed by atoms with Crippen molar-refractivity contribution in [3.8, 4) is 11.4 Å². The number of aromatic amines is 1. The number of nitrogens with one attached hydrogen (secondary N) is 1. The number of methoxy groups -OCH3 is 1. The second-order valence-corrected chi connectivity index (χ2v) is 10.2. The van der Waals surface area contributed by atoms with Gasteiger partial charge < -0.3 is 14.6 Å². The van der Waals surface area contributed by atoms with Crippen LogP contribution in [-0.2, 0) is 19.5 Å². The summed E-state index contributed by atoms with van der Waals surface area (Å²) < 4.78 is 8.37. The van der Waals surface area contributed by atoms with E-state index in [0.717, 1.165) is 16.5 Å². The quantitative estimate of drug-likeness (QED) is 0.278. The summed E-state index contributed by atoms with van der Waals surface area (Å²) in [6.07, 6.45) is 0.769. The van der Waals surface area contributed by atoms with Crippen LogP contribution in [0, 0.1) is 0 Å². The standard InChI is InChI=1S/C31H27ClN4O4/c1-40-22-13-11-21(12-14-22)36-29(28(37)15-10-20-6-3-2-4-7-20)27-19-34(16-17-35(27)31(36)39)30(38)26-18-23-24(32)8-5-9-25(23)33-26/h2-9,11-14,18,33H,10,15-17,19H2,1H3. The van der Waals surface area contributed by atoms with Gasteiger partial charge >= 0.3 is 5.69 Å². The molecule has 202 valence electrons. The Morgan fingerprint density at radius 3 is 2.48 bits per heavy atom. The van der Waals surface area contributed by atoms with Crippen molar-refractivity contribution in [2.75, 3.05) is 13.7 Å². The molecule has 1 N–H and O–H groups in total. The lowest BCUT2D eigenvalue weighted by Gasteiger charge is -2.28. The highest BCUT2D eigenvalue weighted by molar-refractivity contribution is 6.35. The zero-order valence-corrected chi connectivity index (χ0v) is 22.6. The zero-order valence-electron chi connectivity index (χ0n) is 21.9. The van der Waals surface area contributed by atoms with Crippen LogP contribution in [0.5, 0.6) is 5.75 Å². The summed E-state index contributed by atoms with van der Waals surface area (Å²) in [5.41, 5.74) is 3.33. The minimum Gasteiger partial charge on any atom is -0.497 e. The summed E-state index contributed by atoms with van der Waals surface area (Å²) in [7, 11) is 1.57. The molecule has 6 rings (SSSR count). The fraction of sp³-hybridized carbons (Fsp3) is 0.194. The number of halogens is 1. The number of hydrogen-bond acceptors (Lipinski definition) is 4. The highest BCUT2D eigenvalue weighted by Gasteiger charge is 2.32. The van der Waals surface area contributed by atoms with Crippen molar-refractivity contribution in [1.82, 2.24) is 19.0 Å². The molecular formula is C31H27ClN4O4. The van der Waals surface area contributed by atoms with Gasteiger partial charge in [0.2, 0.25) is 0 Å². The summed E-state index contributed by atoms with van der Waals surface area (Å²) >= 11 is 6.32. The maximum Gasteiger partial charge on any atom is 0.333 e. The second kappa shape index (κ2) is 10.5. The van der Waals surface area contributed by atoms with Crippen LogP contribution in [0.3, 0.4) is 0 Å². The number of fused-ring (bicyclic) bond motifs is 2. The van der Waals surface area contributed by atoms with Gasteiger partial charge in [-0.15, -0.1) is 0 Å². The number of ether oxygens (including phenoxy) is 1. The molecule has 40 heavy (non-hydrogen) atoms. The van der Waals surface area contributed by atoms with Crippen LogP contribution in [-0.4, -0.2) is 44.4 Å². The summed E-state index contributed by atoms with van der Waals surface area (Å²) in [6.45, 7) is 0.745. The number of imidazole rings is 1. The van der Waals surface area contributed by atoms with E-state index >= 15 is 0 Å². The summed E-state index contributed by atoms with van der Waals surface area (Å²) in [6, 6.07) is 24.0. The van der Waals surface area contributed by atoms with Crippen molar-refractivity contribution in [3.63, 3.8) is 0 Å². The lowest BCUT2D eigenvalue weighted by atomic mass is 10.0. The third kappa shape index (κ3) is 4.60. The molecule has 0 spiro atoms. The fourth-order valence-electron chi connectivity index (χ4n) is 5.31. The third-order valence-corrected chi connectivity index (χ3v) is 7.72. The van der Waals surface area contributed by atoms with Gasteiger partial charge in [0.25, 0.3) is 5.91 Å².